The second-order valence-electron chi connectivity index (χ2n) is 5.43. The molecule has 0 saturated carbocycles. The largest absolute Gasteiger partial charge is 0.506 e. The highest BCUT2D eigenvalue weighted by atomic mass is 35.5. The van der Waals surface area contributed by atoms with Gasteiger partial charge < -0.3 is 15.3 Å². The van der Waals surface area contributed by atoms with Gasteiger partial charge in [-0.15, -0.1) is 15.0 Å². The third-order valence-electron chi connectivity index (χ3n) is 3.84. The van der Waals surface area contributed by atoms with Gasteiger partial charge in [-0.25, -0.2) is 4.79 Å². The Kier molecular flexibility index (Phi) is 4.76. The normalized spacial score (nSPS) is 10.8. The van der Waals surface area contributed by atoms with Gasteiger partial charge >= 0.3 is 6.03 Å². The summed E-state index contributed by atoms with van der Waals surface area (Å²) in [6.45, 7) is 5.03. The monoisotopic (exact) mass is 359 g/mol. The molecule has 2 aromatic carbocycles. The van der Waals surface area contributed by atoms with Gasteiger partial charge in [0.25, 0.3) is 0 Å². The number of anilines is 1. The van der Waals surface area contributed by atoms with Gasteiger partial charge in [-0.1, -0.05) is 11.6 Å². The molecule has 2 N–H and O–H groups in total. The number of benzene rings is 2. The number of aromatic nitrogens is 3. The Labute approximate surface area is 149 Å². The molecule has 3 rings (SSSR count). The van der Waals surface area contributed by atoms with Crippen LogP contribution in [0.25, 0.3) is 16.7 Å². The number of nitrogens with zero attached hydrogens (tertiary/aromatic N) is 4. The van der Waals surface area contributed by atoms with Crippen molar-refractivity contribution in [3.63, 3.8) is 0 Å². The first-order valence-corrected chi connectivity index (χ1v) is 8.31. The number of phenols is 1. The van der Waals surface area contributed by atoms with Crippen molar-refractivity contribution in [1.29, 1.82) is 0 Å². The summed E-state index contributed by atoms with van der Waals surface area (Å²) in [5.41, 5.74) is 2.21. The minimum atomic E-state index is -0.213. The van der Waals surface area contributed by atoms with E-state index in [1.54, 1.807) is 35.2 Å². The molecule has 0 saturated heterocycles. The average Bonchev–Trinajstić information content (AvgIpc) is 2.98. The van der Waals surface area contributed by atoms with Crippen LogP contribution in [0.4, 0.5) is 10.5 Å². The van der Waals surface area contributed by atoms with E-state index in [4.69, 9.17) is 11.6 Å². The third kappa shape index (κ3) is 3.51. The van der Waals surface area contributed by atoms with Gasteiger partial charge in [0.1, 0.15) is 22.5 Å². The maximum atomic E-state index is 12.1. The van der Waals surface area contributed by atoms with Crippen molar-refractivity contribution in [2.75, 3.05) is 18.4 Å². The number of carbonyl (C=O) groups excluding carboxylic acids is 1. The van der Waals surface area contributed by atoms with E-state index >= 15 is 0 Å². The number of fused-ring (bicyclic) bond motifs is 1. The third-order valence-corrected chi connectivity index (χ3v) is 4.07. The first kappa shape index (κ1) is 17.0. The lowest BCUT2D eigenvalue weighted by atomic mass is 10.2. The first-order valence-electron chi connectivity index (χ1n) is 7.93. The molecule has 0 unspecified atom stereocenters. The van der Waals surface area contributed by atoms with E-state index in [0.717, 1.165) is 0 Å². The van der Waals surface area contributed by atoms with Crippen LogP contribution >= 0.6 is 11.6 Å². The van der Waals surface area contributed by atoms with E-state index in [2.05, 4.69) is 15.5 Å². The van der Waals surface area contributed by atoms with Gasteiger partial charge in [0.2, 0.25) is 0 Å². The number of carbonyl (C=O) groups is 1. The molecule has 3 aromatic rings. The van der Waals surface area contributed by atoms with E-state index in [0.29, 0.717) is 40.5 Å². The fourth-order valence-electron chi connectivity index (χ4n) is 2.48. The standard InChI is InChI=1S/C17H18ClN5O2/c1-3-22(4-2)17(25)19-12-6-8-15(16(24)10-12)23-20-13-7-5-11(18)9-14(13)21-23/h5-10,24H,3-4H2,1-2H3,(H,19,25). The lowest BCUT2D eigenvalue weighted by Crippen LogP contribution is -2.34. The van der Waals surface area contributed by atoms with Gasteiger partial charge in [0, 0.05) is 29.9 Å². The highest BCUT2D eigenvalue weighted by Gasteiger charge is 2.13. The van der Waals surface area contributed by atoms with Crippen LogP contribution in [0.3, 0.4) is 0 Å². The van der Waals surface area contributed by atoms with Gasteiger partial charge in [0.15, 0.2) is 0 Å². The zero-order valence-electron chi connectivity index (χ0n) is 13.9. The van der Waals surface area contributed by atoms with Crippen molar-refractivity contribution < 1.29 is 9.90 Å². The summed E-state index contributed by atoms with van der Waals surface area (Å²) < 4.78 is 0. The Bertz CT molecular complexity index is 921. The van der Waals surface area contributed by atoms with Crippen LogP contribution in [-0.2, 0) is 0 Å². The molecule has 0 aliphatic heterocycles. The fraction of sp³-hybridized carbons (Fsp3) is 0.235. The van der Waals surface area contributed by atoms with E-state index < -0.39 is 0 Å². The Morgan fingerprint density at radius 2 is 1.88 bits per heavy atom. The Balaban J connectivity index is 1.87. The number of nitrogens with one attached hydrogen (secondary N) is 1. The molecule has 0 aliphatic carbocycles. The van der Waals surface area contributed by atoms with Crippen molar-refractivity contribution in [3.8, 4) is 11.4 Å². The number of urea groups is 1. The molecule has 0 spiro atoms. The molecule has 0 bridgehead atoms. The second kappa shape index (κ2) is 6.98. The summed E-state index contributed by atoms with van der Waals surface area (Å²) in [5, 5.41) is 22.3. The summed E-state index contributed by atoms with van der Waals surface area (Å²) in [5.74, 6) is -0.0382. The molecule has 2 amide bonds. The highest BCUT2D eigenvalue weighted by molar-refractivity contribution is 6.31. The van der Waals surface area contributed by atoms with Gasteiger partial charge in [-0.3, -0.25) is 0 Å². The van der Waals surface area contributed by atoms with E-state index in [-0.39, 0.29) is 11.8 Å². The lowest BCUT2D eigenvalue weighted by Gasteiger charge is -2.19. The Hall–Kier alpha value is -2.80. The number of hydrogen-bond acceptors (Lipinski definition) is 4. The first-order chi connectivity index (χ1) is 12.0. The molecule has 8 heteroatoms. The van der Waals surface area contributed by atoms with Gasteiger partial charge in [-0.2, -0.15) is 0 Å². The van der Waals surface area contributed by atoms with Crippen LogP contribution in [0.1, 0.15) is 13.8 Å². The predicted octanol–water partition coefficient (Wildman–Crippen LogP) is 3.65. The van der Waals surface area contributed by atoms with Crippen molar-refractivity contribution >= 4 is 34.4 Å². The van der Waals surface area contributed by atoms with E-state index in [9.17, 15) is 9.90 Å². The molecular formula is C17H18ClN5O2. The molecular weight excluding hydrogens is 342 g/mol. The van der Waals surface area contributed by atoms with Crippen LogP contribution in [0.2, 0.25) is 5.02 Å². The summed E-state index contributed by atoms with van der Waals surface area (Å²) in [4.78, 5) is 15.1. The second-order valence-corrected chi connectivity index (χ2v) is 5.86. The number of amides is 2. The number of rotatable bonds is 4. The van der Waals surface area contributed by atoms with Crippen LogP contribution in [-0.4, -0.2) is 44.1 Å². The van der Waals surface area contributed by atoms with Gasteiger partial charge in [-0.05, 0) is 44.2 Å². The molecule has 1 heterocycles. The maximum absolute atomic E-state index is 12.1. The molecule has 130 valence electrons. The van der Waals surface area contributed by atoms with Gasteiger partial charge in [0.05, 0.1) is 0 Å². The molecule has 1 aromatic heterocycles. The van der Waals surface area contributed by atoms with Crippen molar-refractivity contribution in [2.24, 2.45) is 0 Å². The van der Waals surface area contributed by atoms with Crippen molar-refractivity contribution in [2.45, 2.75) is 13.8 Å². The number of hydrogen-bond donors (Lipinski definition) is 2. The minimum absolute atomic E-state index is 0.0382. The average molecular weight is 360 g/mol. The van der Waals surface area contributed by atoms with E-state index in [1.165, 1.54) is 10.9 Å². The predicted molar refractivity (Wildman–Crippen MR) is 97.5 cm³/mol. The van der Waals surface area contributed by atoms with Crippen LogP contribution < -0.4 is 5.32 Å². The molecule has 7 nitrogen and oxygen atoms in total. The highest BCUT2D eigenvalue weighted by Crippen LogP contribution is 2.26. The zero-order valence-corrected chi connectivity index (χ0v) is 14.7. The summed E-state index contributed by atoms with van der Waals surface area (Å²) in [6, 6.07) is 9.79. The summed E-state index contributed by atoms with van der Waals surface area (Å²) in [7, 11) is 0. The molecule has 0 aliphatic rings. The molecule has 0 fully saturated rings. The smallest absolute Gasteiger partial charge is 0.321 e. The van der Waals surface area contributed by atoms with Crippen molar-refractivity contribution in [1.82, 2.24) is 19.9 Å². The Morgan fingerprint density at radius 1 is 1.16 bits per heavy atom. The quantitative estimate of drug-likeness (QED) is 0.744. The maximum Gasteiger partial charge on any atom is 0.321 e. The molecule has 25 heavy (non-hydrogen) atoms. The number of halogens is 1. The summed E-state index contributed by atoms with van der Waals surface area (Å²) in [6.07, 6.45) is 0. The van der Waals surface area contributed by atoms with Crippen molar-refractivity contribution in [3.05, 3.63) is 41.4 Å². The number of aromatic hydroxyl groups is 1. The number of phenolic OH excluding ortho intramolecular Hbond substituents is 1. The zero-order chi connectivity index (χ0) is 18.0. The van der Waals surface area contributed by atoms with E-state index in [1.807, 2.05) is 13.8 Å². The van der Waals surface area contributed by atoms with Crippen LogP contribution in [0.5, 0.6) is 5.75 Å². The SMILES string of the molecule is CCN(CC)C(=O)Nc1ccc(-n2nc3ccc(Cl)cc3n2)c(O)c1. The molecule has 0 atom stereocenters. The van der Waals surface area contributed by atoms with Crippen LogP contribution in [0.15, 0.2) is 36.4 Å². The van der Waals surface area contributed by atoms with Crippen LogP contribution in [0, 0.1) is 0 Å². The topological polar surface area (TPSA) is 83.3 Å². The molecule has 0 radical (unpaired) electrons. The fourth-order valence-corrected chi connectivity index (χ4v) is 2.65. The Morgan fingerprint density at radius 3 is 2.56 bits per heavy atom. The lowest BCUT2D eigenvalue weighted by molar-refractivity contribution is 0.217. The summed E-state index contributed by atoms with van der Waals surface area (Å²) >= 11 is 5.95. The minimum Gasteiger partial charge on any atom is -0.506 e.